The van der Waals surface area contributed by atoms with E-state index in [2.05, 4.69) is 5.32 Å². The molecule has 3 rings (SSSR count). The maximum atomic E-state index is 12.4. The minimum atomic E-state index is -0.0919. The van der Waals surface area contributed by atoms with E-state index in [0.29, 0.717) is 17.9 Å². The minimum absolute atomic E-state index is 0.0320. The van der Waals surface area contributed by atoms with Gasteiger partial charge in [-0.05, 0) is 55.7 Å². The lowest BCUT2D eigenvalue weighted by Crippen LogP contribution is -2.38. The van der Waals surface area contributed by atoms with Gasteiger partial charge in [-0.1, -0.05) is 25.1 Å². The fourth-order valence-corrected chi connectivity index (χ4v) is 2.89. The van der Waals surface area contributed by atoms with Crippen LogP contribution in [0.5, 0.6) is 5.75 Å². The van der Waals surface area contributed by atoms with Gasteiger partial charge in [-0.3, -0.25) is 9.59 Å². The molecule has 2 aromatic rings. The third-order valence-electron chi connectivity index (χ3n) is 4.58. The van der Waals surface area contributed by atoms with E-state index in [4.69, 9.17) is 4.74 Å². The normalized spacial score (nSPS) is 14.4. The van der Waals surface area contributed by atoms with Crippen molar-refractivity contribution in [1.29, 1.82) is 0 Å². The van der Waals surface area contributed by atoms with Gasteiger partial charge in [-0.2, -0.15) is 0 Å². The average molecular weight is 352 g/mol. The van der Waals surface area contributed by atoms with Crippen molar-refractivity contribution in [2.75, 3.05) is 11.5 Å². The molecule has 26 heavy (non-hydrogen) atoms. The Bertz CT molecular complexity index is 832. The molecule has 5 nitrogen and oxygen atoms in total. The van der Waals surface area contributed by atoms with Crippen LogP contribution in [0.1, 0.15) is 41.8 Å². The number of amides is 2. The summed E-state index contributed by atoms with van der Waals surface area (Å²) in [6.45, 7) is 6.43. The summed E-state index contributed by atoms with van der Waals surface area (Å²) in [6, 6.07) is 13.3. The van der Waals surface area contributed by atoms with Gasteiger partial charge in [0.2, 0.25) is 0 Å². The maximum absolute atomic E-state index is 12.4. The lowest BCUT2D eigenvalue weighted by atomic mass is 10.1. The Morgan fingerprint density at radius 3 is 2.85 bits per heavy atom. The Labute approximate surface area is 154 Å². The number of nitrogens with one attached hydrogen (secondary N) is 1. The number of carbonyl (C=O) groups is 2. The second kappa shape index (κ2) is 7.60. The zero-order valence-corrected chi connectivity index (χ0v) is 15.4. The lowest BCUT2D eigenvalue weighted by molar-refractivity contribution is -0.121. The highest BCUT2D eigenvalue weighted by atomic mass is 16.5. The Kier molecular flexibility index (Phi) is 5.26. The Morgan fingerprint density at radius 1 is 1.27 bits per heavy atom. The molecule has 0 radical (unpaired) electrons. The molecule has 2 aromatic carbocycles. The molecule has 0 aliphatic carbocycles. The number of anilines is 1. The van der Waals surface area contributed by atoms with Gasteiger partial charge in [0.1, 0.15) is 5.75 Å². The van der Waals surface area contributed by atoms with E-state index in [-0.39, 0.29) is 24.5 Å². The number of benzene rings is 2. The number of hydrogen-bond donors (Lipinski definition) is 1. The lowest BCUT2D eigenvalue weighted by Gasteiger charge is -2.30. The van der Waals surface area contributed by atoms with Crippen molar-refractivity contribution in [1.82, 2.24) is 5.32 Å². The van der Waals surface area contributed by atoms with Crippen LogP contribution in [0.15, 0.2) is 42.5 Å². The third-order valence-corrected chi connectivity index (χ3v) is 4.58. The molecule has 1 N–H and O–H groups in total. The second-order valence-electron chi connectivity index (χ2n) is 6.72. The molecule has 1 atom stereocenters. The predicted molar refractivity (Wildman–Crippen MR) is 102 cm³/mol. The van der Waals surface area contributed by atoms with E-state index < -0.39 is 0 Å². The molecule has 0 unspecified atom stereocenters. The van der Waals surface area contributed by atoms with Gasteiger partial charge in [-0.25, -0.2) is 0 Å². The molecular formula is C21H24N2O3. The van der Waals surface area contributed by atoms with Crippen molar-refractivity contribution in [3.05, 3.63) is 59.2 Å². The van der Waals surface area contributed by atoms with Crippen LogP contribution in [0.25, 0.3) is 0 Å². The molecule has 5 heteroatoms. The van der Waals surface area contributed by atoms with Gasteiger partial charge >= 0.3 is 0 Å². The van der Waals surface area contributed by atoms with Crippen molar-refractivity contribution in [3.8, 4) is 5.75 Å². The van der Waals surface area contributed by atoms with Gasteiger partial charge in [-0.15, -0.1) is 0 Å². The Morgan fingerprint density at radius 2 is 2.08 bits per heavy atom. The molecule has 0 spiro atoms. The number of ether oxygens (including phenoxy) is 1. The molecular weight excluding hydrogens is 328 g/mol. The topological polar surface area (TPSA) is 58.6 Å². The van der Waals surface area contributed by atoms with E-state index in [9.17, 15) is 9.59 Å². The Hall–Kier alpha value is -2.82. The van der Waals surface area contributed by atoms with Crippen LogP contribution in [0.4, 0.5) is 5.69 Å². The highest BCUT2D eigenvalue weighted by Crippen LogP contribution is 2.33. The third kappa shape index (κ3) is 3.87. The van der Waals surface area contributed by atoms with Crippen molar-refractivity contribution < 1.29 is 14.3 Å². The number of rotatable bonds is 5. The van der Waals surface area contributed by atoms with Crippen molar-refractivity contribution in [2.24, 2.45) is 0 Å². The summed E-state index contributed by atoms with van der Waals surface area (Å²) < 4.78 is 5.52. The van der Waals surface area contributed by atoms with E-state index in [1.54, 1.807) is 11.0 Å². The minimum Gasteiger partial charge on any atom is -0.482 e. The first-order valence-corrected chi connectivity index (χ1v) is 8.91. The van der Waals surface area contributed by atoms with E-state index in [1.807, 2.05) is 57.2 Å². The zero-order valence-electron chi connectivity index (χ0n) is 15.4. The van der Waals surface area contributed by atoms with Gasteiger partial charge in [0.25, 0.3) is 11.8 Å². The first-order chi connectivity index (χ1) is 12.5. The summed E-state index contributed by atoms with van der Waals surface area (Å²) in [5, 5.41) is 2.97. The first kappa shape index (κ1) is 18.0. The molecule has 1 aliphatic heterocycles. The highest BCUT2D eigenvalue weighted by Gasteiger charge is 2.25. The van der Waals surface area contributed by atoms with Crippen LogP contribution in [0.3, 0.4) is 0 Å². The Balaban J connectivity index is 1.83. The molecule has 1 aliphatic rings. The molecule has 0 bridgehead atoms. The molecule has 136 valence electrons. The van der Waals surface area contributed by atoms with Crippen LogP contribution in [-0.4, -0.2) is 24.5 Å². The van der Waals surface area contributed by atoms with E-state index >= 15 is 0 Å². The molecule has 0 saturated carbocycles. The summed E-state index contributed by atoms with van der Waals surface area (Å²) in [6.07, 6.45) is 0.879. The smallest absolute Gasteiger partial charge is 0.265 e. The highest BCUT2D eigenvalue weighted by molar-refractivity contribution is 5.98. The number of nitrogens with zero attached hydrogens (tertiary/aromatic N) is 1. The molecule has 1 heterocycles. The van der Waals surface area contributed by atoms with Crippen LogP contribution in [-0.2, 0) is 11.3 Å². The monoisotopic (exact) mass is 352 g/mol. The van der Waals surface area contributed by atoms with E-state index in [1.165, 1.54) is 0 Å². The molecule has 2 amide bonds. The maximum Gasteiger partial charge on any atom is 0.265 e. The largest absolute Gasteiger partial charge is 0.482 e. The molecule has 0 aromatic heterocycles. The van der Waals surface area contributed by atoms with Gasteiger partial charge < -0.3 is 15.0 Å². The van der Waals surface area contributed by atoms with Crippen LogP contribution >= 0.6 is 0 Å². The quantitative estimate of drug-likeness (QED) is 0.897. The van der Waals surface area contributed by atoms with Crippen molar-refractivity contribution in [2.45, 2.75) is 39.8 Å². The first-order valence-electron chi connectivity index (χ1n) is 8.91. The summed E-state index contributed by atoms with van der Waals surface area (Å²) >= 11 is 0. The average Bonchev–Trinajstić information content (AvgIpc) is 2.64. The summed E-state index contributed by atoms with van der Waals surface area (Å²) in [7, 11) is 0. The standard InChI is InChI=1S/C21H24N2O3/c1-4-15(3)22-21(25)17-7-5-6-16(11-17)12-23-18-10-14(2)8-9-19(18)26-13-20(23)24/h5-11,15H,4,12-13H2,1-3H3,(H,22,25)/t15-/m1/s1. The van der Waals surface area contributed by atoms with Gasteiger partial charge in [0.15, 0.2) is 6.61 Å². The summed E-state index contributed by atoms with van der Waals surface area (Å²) in [5.41, 5.74) is 3.35. The number of aryl methyl sites for hydroxylation is 1. The number of hydrogen-bond acceptors (Lipinski definition) is 3. The second-order valence-corrected chi connectivity index (χ2v) is 6.72. The zero-order chi connectivity index (χ0) is 18.7. The van der Waals surface area contributed by atoms with E-state index in [0.717, 1.165) is 23.2 Å². The summed E-state index contributed by atoms with van der Waals surface area (Å²) in [5.74, 6) is 0.532. The predicted octanol–water partition coefficient (Wildman–Crippen LogP) is 3.45. The molecule has 0 fully saturated rings. The van der Waals surface area contributed by atoms with Gasteiger partial charge in [0.05, 0.1) is 12.2 Å². The van der Waals surface area contributed by atoms with Crippen molar-refractivity contribution in [3.63, 3.8) is 0 Å². The number of fused-ring (bicyclic) bond motifs is 1. The van der Waals surface area contributed by atoms with Crippen LogP contribution in [0.2, 0.25) is 0 Å². The fraction of sp³-hybridized carbons (Fsp3) is 0.333. The fourth-order valence-electron chi connectivity index (χ4n) is 2.89. The molecule has 0 saturated heterocycles. The van der Waals surface area contributed by atoms with Crippen molar-refractivity contribution >= 4 is 17.5 Å². The number of carbonyl (C=O) groups excluding carboxylic acids is 2. The van der Waals surface area contributed by atoms with Gasteiger partial charge in [0, 0.05) is 11.6 Å². The SMILES string of the molecule is CC[C@@H](C)NC(=O)c1cccc(CN2C(=O)COc3ccc(C)cc32)c1. The summed E-state index contributed by atoms with van der Waals surface area (Å²) in [4.78, 5) is 26.5. The van der Waals surface area contributed by atoms with Crippen LogP contribution < -0.4 is 15.0 Å². The van der Waals surface area contributed by atoms with Crippen LogP contribution in [0, 0.1) is 6.92 Å².